The second-order valence-electron chi connectivity index (χ2n) is 5.63. The van der Waals surface area contributed by atoms with E-state index in [-0.39, 0.29) is 0 Å². The molecule has 0 aromatic rings. The first-order valence-electron chi connectivity index (χ1n) is 8.30. The summed E-state index contributed by atoms with van der Waals surface area (Å²) in [5, 5.41) is 0. The lowest BCUT2D eigenvalue weighted by Gasteiger charge is -2.02. The van der Waals surface area contributed by atoms with Gasteiger partial charge in [-0.15, -0.1) is 0 Å². The van der Waals surface area contributed by atoms with Crippen molar-refractivity contribution < 1.29 is 0 Å². The maximum absolute atomic E-state index is 2.39. The summed E-state index contributed by atoms with van der Waals surface area (Å²) >= 11 is 0. The lowest BCUT2D eigenvalue weighted by atomic mass is 10.0. The molecule has 0 bridgehead atoms. The fourth-order valence-electron chi connectivity index (χ4n) is 2.60. The molecule has 1 rings (SSSR count). The molecular formula is C18H32. The summed E-state index contributed by atoms with van der Waals surface area (Å²) in [6.45, 7) is 0. The molecule has 0 N–H and O–H groups in total. The average Bonchev–Trinajstić information content (AvgIpc) is 2.39. The van der Waals surface area contributed by atoms with E-state index in [1.54, 1.807) is 0 Å². The van der Waals surface area contributed by atoms with E-state index in [1.807, 2.05) is 0 Å². The van der Waals surface area contributed by atoms with Crippen molar-refractivity contribution in [1.82, 2.24) is 0 Å². The molecule has 0 spiro atoms. The minimum atomic E-state index is 1.23. The van der Waals surface area contributed by atoms with Crippen LogP contribution in [0, 0.1) is 0 Å². The Hall–Kier alpha value is -0.520. The molecule has 1 aliphatic carbocycles. The minimum Gasteiger partial charge on any atom is -0.0885 e. The molecule has 0 radical (unpaired) electrons. The molecule has 0 saturated carbocycles. The molecule has 0 amide bonds. The van der Waals surface area contributed by atoms with Crippen molar-refractivity contribution in [3.63, 3.8) is 0 Å². The SMILES string of the molecule is C1=CCCCCCCCCCCCC/C=C/CC1. The Balaban J connectivity index is 2.13. The van der Waals surface area contributed by atoms with Crippen molar-refractivity contribution in [3.05, 3.63) is 24.3 Å². The van der Waals surface area contributed by atoms with Crippen molar-refractivity contribution in [3.8, 4) is 0 Å². The maximum Gasteiger partial charge on any atom is -0.0316 e. The third kappa shape index (κ3) is 10.6. The Morgan fingerprint density at radius 1 is 0.278 bits per heavy atom. The third-order valence-corrected chi connectivity index (χ3v) is 3.82. The summed E-state index contributed by atoms with van der Waals surface area (Å²) in [4.78, 5) is 0. The number of hydrogen-bond acceptors (Lipinski definition) is 0. The molecule has 0 heterocycles. The Morgan fingerprint density at radius 2 is 0.556 bits per heavy atom. The van der Waals surface area contributed by atoms with Crippen LogP contribution in [0.2, 0.25) is 0 Å². The largest absolute Gasteiger partial charge is 0.0885 e. The van der Waals surface area contributed by atoms with Gasteiger partial charge in [0.2, 0.25) is 0 Å². The van der Waals surface area contributed by atoms with E-state index in [4.69, 9.17) is 0 Å². The molecule has 0 fully saturated rings. The van der Waals surface area contributed by atoms with Gasteiger partial charge < -0.3 is 0 Å². The Kier molecular flexibility index (Phi) is 11.2. The van der Waals surface area contributed by atoms with Gasteiger partial charge in [0.05, 0.1) is 0 Å². The summed E-state index contributed by atoms with van der Waals surface area (Å²) in [6.07, 6.45) is 29.0. The first kappa shape index (κ1) is 15.5. The zero-order chi connectivity index (χ0) is 12.7. The van der Waals surface area contributed by atoms with Crippen LogP contribution in [-0.2, 0) is 0 Å². The fourth-order valence-corrected chi connectivity index (χ4v) is 2.60. The molecule has 0 aromatic heterocycles. The van der Waals surface area contributed by atoms with Crippen LogP contribution < -0.4 is 0 Å². The van der Waals surface area contributed by atoms with Crippen LogP contribution >= 0.6 is 0 Å². The smallest absolute Gasteiger partial charge is 0.0316 e. The predicted octanol–water partition coefficient (Wildman–Crippen LogP) is 6.57. The van der Waals surface area contributed by atoms with Gasteiger partial charge in [-0.2, -0.15) is 0 Å². The third-order valence-electron chi connectivity index (χ3n) is 3.82. The Morgan fingerprint density at radius 3 is 0.944 bits per heavy atom. The van der Waals surface area contributed by atoms with Gasteiger partial charge in [-0.1, -0.05) is 75.7 Å². The van der Waals surface area contributed by atoms with Crippen LogP contribution in [-0.4, -0.2) is 0 Å². The molecule has 0 nitrogen and oxygen atoms in total. The van der Waals surface area contributed by atoms with Crippen molar-refractivity contribution in [2.24, 2.45) is 0 Å². The van der Waals surface area contributed by atoms with Crippen molar-refractivity contribution in [2.75, 3.05) is 0 Å². The zero-order valence-corrected chi connectivity index (χ0v) is 12.2. The molecule has 18 heavy (non-hydrogen) atoms. The average molecular weight is 248 g/mol. The standard InChI is InChI=1S/C18H32/c1-2-4-6-8-10-12-14-16-18-17-15-13-11-9-7-5-3-1/h1-2,7,9H,3-6,8,10-18H2/b2-1+,9-7?. The van der Waals surface area contributed by atoms with Gasteiger partial charge in [0.15, 0.2) is 0 Å². The quantitative estimate of drug-likeness (QED) is 0.425. The van der Waals surface area contributed by atoms with Crippen LogP contribution in [0.25, 0.3) is 0 Å². The van der Waals surface area contributed by atoms with Gasteiger partial charge in [0, 0.05) is 0 Å². The van der Waals surface area contributed by atoms with Crippen LogP contribution in [0.4, 0.5) is 0 Å². The van der Waals surface area contributed by atoms with Gasteiger partial charge in [0.1, 0.15) is 0 Å². The summed E-state index contributed by atoms with van der Waals surface area (Å²) in [5.74, 6) is 0. The van der Waals surface area contributed by atoms with Crippen molar-refractivity contribution in [1.29, 1.82) is 0 Å². The molecule has 0 aromatic carbocycles. The van der Waals surface area contributed by atoms with Crippen molar-refractivity contribution >= 4 is 0 Å². The normalized spacial score (nSPS) is 24.0. The second kappa shape index (κ2) is 12.9. The molecular weight excluding hydrogens is 216 g/mol. The monoisotopic (exact) mass is 248 g/mol. The highest BCUT2D eigenvalue weighted by molar-refractivity contribution is 4.88. The van der Waals surface area contributed by atoms with Gasteiger partial charge in [-0.05, 0) is 38.5 Å². The summed E-state index contributed by atoms with van der Waals surface area (Å²) in [5.41, 5.74) is 0. The topological polar surface area (TPSA) is 0 Å². The first-order valence-corrected chi connectivity index (χ1v) is 8.30. The zero-order valence-electron chi connectivity index (χ0n) is 12.2. The van der Waals surface area contributed by atoms with Crippen molar-refractivity contribution in [2.45, 2.75) is 89.9 Å². The predicted molar refractivity (Wildman–Crippen MR) is 82.9 cm³/mol. The van der Waals surface area contributed by atoms with E-state index in [2.05, 4.69) is 24.3 Å². The highest BCUT2D eigenvalue weighted by Gasteiger charge is 1.93. The number of hydrogen-bond donors (Lipinski definition) is 0. The highest BCUT2D eigenvalue weighted by atomic mass is 14.0. The van der Waals surface area contributed by atoms with Gasteiger partial charge >= 0.3 is 0 Å². The number of allylic oxidation sites excluding steroid dienone is 4. The van der Waals surface area contributed by atoms with Gasteiger partial charge in [-0.25, -0.2) is 0 Å². The fraction of sp³-hybridized carbons (Fsp3) is 0.778. The molecule has 0 aliphatic heterocycles. The van der Waals surface area contributed by atoms with E-state index in [1.165, 1.54) is 89.9 Å². The molecule has 0 unspecified atom stereocenters. The van der Waals surface area contributed by atoms with Crippen LogP contribution in [0.15, 0.2) is 24.3 Å². The molecule has 1 aliphatic rings. The molecule has 0 heteroatoms. The summed E-state index contributed by atoms with van der Waals surface area (Å²) in [7, 11) is 0. The molecule has 104 valence electrons. The van der Waals surface area contributed by atoms with Crippen LogP contribution in [0.5, 0.6) is 0 Å². The van der Waals surface area contributed by atoms with Crippen LogP contribution in [0.1, 0.15) is 89.9 Å². The second-order valence-corrected chi connectivity index (χ2v) is 5.63. The first-order chi connectivity index (χ1) is 9.00. The summed E-state index contributed by atoms with van der Waals surface area (Å²) in [6, 6.07) is 0. The lowest BCUT2D eigenvalue weighted by molar-refractivity contribution is 0.553. The number of rotatable bonds is 0. The Labute approximate surface area is 115 Å². The van der Waals surface area contributed by atoms with E-state index in [0.29, 0.717) is 0 Å². The molecule has 0 atom stereocenters. The maximum atomic E-state index is 2.39. The highest BCUT2D eigenvalue weighted by Crippen LogP contribution is 2.12. The van der Waals surface area contributed by atoms with Gasteiger partial charge in [-0.3, -0.25) is 0 Å². The van der Waals surface area contributed by atoms with Crippen LogP contribution in [0.3, 0.4) is 0 Å². The lowest BCUT2D eigenvalue weighted by Crippen LogP contribution is -1.82. The van der Waals surface area contributed by atoms with E-state index < -0.39 is 0 Å². The van der Waals surface area contributed by atoms with E-state index >= 15 is 0 Å². The molecule has 0 saturated heterocycles. The minimum absolute atomic E-state index is 1.23. The summed E-state index contributed by atoms with van der Waals surface area (Å²) < 4.78 is 0. The van der Waals surface area contributed by atoms with E-state index in [0.717, 1.165) is 0 Å². The Bertz CT molecular complexity index is 188. The van der Waals surface area contributed by atoms with Gasteiger partial charge in [0.25, 0.3) is 0 Å². The van der Waals surface area contributed by atoms with E-state index in [9.17, 15) is 0 Å².